The number of amides is 1. The third-order valence-electron chi connectivity index (χ3n) is 3.21. The number of rotatable bonds is 5. The van der Waals surface area contributed by atoms with Crippen molar-refractivity contribution in [2.75, 3.05) is 11.9 Å². The number of carbonyl (C=O) groups excluding carboxylic acids is 2. The maximum Gasteiger partial charge on any atom is 0.268 e. The van der Waals surface area contributed by atoms with E-state index >= 15 is 0 Å². The number of nitrogens with two attached hydrogens (primary N) is 1. The van der Waals surface area contributed by atoms with Gasteiger partial charge in [-0.15, -0.1) is 5.10 Å². The van der Waals surface area contributed by atoms with E-state index in [1.807, 2.05) is 13.8 Å². The Labute approximate surface area is 127 Å². The normalized spacial score (nSPS) is 10.7. The van der Waals surface area contributed by atoms with Crippen molar-refractivity contribution < 1.29 is 9.59 Å². The molecule has 2 aromatic heterocycles. The summed E-state index contributed by atoms with van der Waals surface area (Å²) >= 11 is 0. The zero-order chi connectivity index (χ0) is 16.3. The molecular weight excluding hydrogens is 286 g/mol. The Hall–Kier alpha value is -2.55. The van der Waals surface area contributed by atoms with Crippen LogP contribution < -0.4 is 11.1 Å². The molecule has 0 unspecified atom stereocenters. The van der Waals surface area contributed by atoms with Gasteiger partial charge in [0.2, 0.25) is 5.91 Å². The summed E-state index contributed by atoms with van der Waals surface area (Å²) in [4.78, 5) is 23.3. The molecule has 0 aliphatic carbocycles. The fourth-order valence-corrected chi connectivity index (χ4v) is 2.24. The van der Waals surface area contributed by atoms with Crippen molar-refractivity contribution in [3.63, 3.8) is 0 Å². The Morgan fingerprint density at radius 1 is 1.36 bits per heavy atom. The molecule has 1 amide bonds. The van der Waals surface area contributed by atoms with Crippen LogP contribution in [0.15, 0.2) is 6.20 Å². The molecule has 2 rings (SSSR count). The maximum absolute atomic E-state index is 12.3. The first kappa shape index (κ1) is 15.8. The largest absolute Gasteiger partial charge is 0.330 e. The smallest absolute Gasteiger partial charge is 0.268 e. The number of anilines is 1. The number of aryl methyl sites for hydroxylation is 1. The van der Waals surface area contributed by atoms with Crippen LogP contribution >= 0.6 is 0 Å². The Bertz CT molecular complexity index is 701. The van der Waals surface area contributed by atoms with Gasteiger partial charge in [-0.05, 0) is 32.4 Å². The van der Waals surface area contributed by atoms with Crippen molar-refractivity contribution in [1.82, 2.24) is 24.8 Å². The number of nitrogens with one attached hydrogen (secondary N) is 1. The minimum absolute atomic E-state index is 0.0173. The fraction of sp³-hybridized carbons (Fsp3) is 0.462. The van der Waals surface area contributed by atoms with Crippen LogP contribution in [0.2, 0.25) is 0 Å². The van der Waals surface area contributed by atoms with E-state index in [-0.39, 0.29) is 18.4 Å². The Balaban J connectivity index is 2.14. The number of carbonyl (C=O) groups is 2. The Morgan fingerprint density at radius 3 is 2.73 bits per heavy atom. The van der Waals surface area contributed by atoms with Gasteiger partial charge in [-0.1, -0.05) is 5.21 Å². The van der Waals surface area contributed by atoms with Crippen LogP contribution in [0.5, 0.6) is 0 Å². The molecule has 0 bridgehead atoms. The Morgan fingerprint density at radius 2 is 2.09 bits per heavy atom. The molecule has 0 aliphatic rings. The monoisotopic (exact) mass is 305 g/mol. The van der Waals surface area contributed by atoms with E-state index in [2.05, 4.69) is 20.7 Å². The molecule has 0 radical (unpaired) electrons. The number of hydrogen-bond acceptors (Lipinski definition) is 6. The summed E-state index contributed by atoms with van der Waals surface area (Å²) in [6.45, 7) is 5.55. The first-order chi connectivity index (χ1) is 10.4. The lowest BCUT2D eigenvalue weighted by Gasteiger charge is -2.03. The molecule has 22 heavy (non-hydrogen) atoms. The molecule has 9 heteroatoms. The minimum atomic E-state index is -0.247. The van der Waals surface area contributed by atoms with Crippen LogP contribution in [-0.4, -0.2) is 43.1 Å². The number of nitrogens with zero attached hydrogens (tertiary/aromatic N) is 5. The molecule has 0 fully saturated rings. The van der Waals surface area contributed by atoms with E-state index in [0.717, 1.165) is 17.0 Å². The summed E-state index contributed by atoms with van der Waals surface area (Å²) in [5.41, 5.74) is 8.15. The summed E-state index contributed by atoms with van der Waals surface area (Å²) in [7, 11) is 0. The molecule has 3 N–H and O–H groups in total. The van der Waals surface area contributed by atoms with E-state index in [9.17, 15) is 9.59 Å². The molecule has 0 saturated heterocycles. The highest BCUT2D eigenvalue weighted by molar-refractivity contribution is 5.87. The third kappa shape index (κ3) is 3.37. The first-order valence-electron chi connectivity index (χ1n) is 6.88. The van der Waals surface area contributed by atoms with Crippen LogP contribution in [0.25, 0.3) is 0 Å². The third-order valence-corrected chi connectivity index (χ3v) is 3.21. The summed E-state index contributed by atoms with van der Waals surface area (Å²) in [6, 6.07) is 0. The molecule has 0 spiro atoms. The van der Waals surface area contributed by atoms with E-state index in [0.29, 0.717) is 18.8 Å². The van der Waals surface area contributed by atoms with Crippen LogP contribution in [0, 0.1) is 13.8 Å². The van der Waals surface area contributed by atoms with Crippen LogP contribution in [0.3, 0.4) is 0 Å². The zero-order valence-corrected chi connectivity index (χ0v) is 12.8. The van der Waals surface area contributed by atoms with Crippen molar-refractivity contribution in [2.45, 2.75) is 33.7 Å². The summed E-state index contributed by atoms with van der Waals surface area (Å²) < 4.78 is 2.72. The van der Waals surface area contributed by atoms with Gasteiger partial charge < -0.3 is 11.1 Å². The highest BCUT2D eigenvalue weighted by Gasteiger charge is 2.17. The second kappa shape index (κ2) is 6.48. The molecule has 0 atom stereocenters. The van der Waals surface area contributed by atoms with Gasteiger partial charge in [-0.2, -0.15) is 5.10 Å². The van der Waals surface area contributed by atoms with Gasteiger partial charge in [0, 0.05) is 12.6 Å². The molecule has 0 aromatic carbocycles. The van der Waals surface area contributed by atoms with Crippen molar-refractivity contribution in [3.05, 3.63) is 23.1 Å². The van der Waals surface area contributed by atoms with Crippen LogP contribution in [0.4, 0.5) is 5.82 Å². The first-order valence-corrected chi connectivity index (χ1v) is 6.88. The van der Waals surface area contributed by atoms with Gasteiger partial charge in [-0.3, -0.25) is 9.59 Å². The lowest BCUT2D eigenvalue weighted by Crippen LogP contribution is -2.21. The van der Waals surface area contributed by atoms with E-state index in [4.69, 9.17) is 5.73 Å². The molecule has 2 heterocycles. The molecule has 118 valence electrons. The highest BCUT2D eigenvalue weighted by atomic mass is 16.2. The summed E-state index contributed by atoms with van der Waals surface area (Å²) in [5, 5.41) is 14.3. The maximum atomic E-state index is 12.3. The van der Waals surface area contributed by atoms with Gasteiger partial charge in [0.15, 0.2) is 5.82 Å². The molecule has 0 saturated carbocycles. The SMILES string of the molecule is CC(=O)Nc1cn(CC(=O)n2nc(C)c(CCN)c2C)nn1. The lowest BCUT2D eigenvalue weighted by atomic mass is 10.1. The standard InChI is InChI=1S/C13H19N7O2/c1-8-11(4-5-14)9(2)20(17-8)13(22)7-19-6-12(16-18-19)15-10(3)21/h6H,4-5,7,14H2,1-3H3,(H,15,21). The fourth-order valence-electron chi connectivity index (χ4n) is 2.24. The summed E-state index contributed by atoms with van der Waals surface area (Å²) in [5.74, 6) is -0.177. The predicted octanol–water partition coefficient (Wildman–Crippen LogP) is -0.109. The van der Waals surface area contributed by atoms with Gasteiger partial charge >= 0.3 is 0 Å². The summed E-state index contributed by atoms with van der Waals surface area (Å²) in [6.07, 6.45) is 2.17. The quantitative estimate of drug-likeness (QED) is 0.795. The van der Waals surface area contributed by atoms with Crippen LogP contribution in [0.1, 0.15) is 28.7 Å². The van der Waals surface area contributed by atoms with E-state index < -0.39 is 0 Å². The van der Waals surface area contributed by atoms with Gasteiger partial charge in [0.1, 0.15) is 6.54 Å². The predicted molar refractivity (Wildman–Crippen MR) is 79.4 cm³/mol. The lowest BCUT2D eigenvalue weighted by molar-refractivity contribution is -0.114. The average molecular weight is 305 g/mol. The molecule has 0 aliphatic heterocycles. The van der Waals surface area contributed by atoms with Gasteiger partial charge in [0.25, 0.3) is 5.91 Å². The number of hydrogen-bond donors (Lipinski definition) is 2. The van der Waals surface area contributed by atoms with Crippen molar-refractivity contribution in [1.29, 1.82) is 0 Å². The molecule has 9 nitrogen and oxygen atoms in total. The topological polar surface area (TPSA) is 121 Å². The molecule has 2 aromatic rings. The highest BCUT2D eigenvalue weighted by Crippen LogP contribution is 2.13. The van der Waals surface area contributed by atoms with Crippen LogP contribution in [-0.2, 0) is 17.8 Å². The van der Waals surface area contributed by atoms with Crippen molar-refractivity contribution in [3.8, 4) is 0 Å². The Kier molecular flexibility index (Phi) is 4.66. The van der Waals surface area contributed by atoms with E-state index in [1.165, 1.54) is 22.5 Å². The van der Waals surface area contributed by atoms with Crippen molar-refractivity contribution >= 4 is 17.6 Å². The van der Waals surface area contributed by atoms with Crippen molar-refractivity contribution in [2.24, 2.45) is 5.73 Å². The second-order valence-corrected chi connectivity index (χ2v) is 4.98. The van der Waals surface area contributed by atoms with Gasteiger partial charge in [0.05, 0.1) is 11.9 Å². The number of aromatic nitrogens is 5. The second-order valence-electron chi connectivity index (χ2n) is 4.98. The van der Waals surface area contributed by atoms with E-state index in [1.54, 1.807) is 0 Å². The van der Waals surface area contributed by atoms with Gasteiger partial charge in [-0.25, -0.2) is 9.36 Å². The molecular formula is C13H19N7O2. The zero-order valence-electron chi connectivity index (χ0n) is 12.8. The average Bonchev–Trinajstić information content (AvgIpc) is 2.97. The minimum Gasteiger partial charge on any atom is -0.330 e.